The van der Waals surface area contributed by atoms with Gasteiger partial charge in [-0.05, 0) is 37.2 Å². The molecular formula is C15H15N5S. The topological polar surface area (TPSA) is 62.3 Å². The molecule has 0 spiro atoms. The van der Waals surface area contributed by atoms with Crippen LogP contribution in [0, 0.1) is 23.0 Å². The zero-order chi connectivity index (χ0) is 15.1. The number of nitrogens with zero attached hydrogens (tertiary/aromatic N) is 4. The van der Waals surface area contributed by atoms with Crippen LogP contribution in [-0.2, 0) is 13.5 Å². The van der Waals surface area contributed by atoms with Crippen LogP contribution in [0.5, 0.6) is 0 Å². The second-order valence-corrected chi connectivity index (χ2v) is 5.36. The average Bonchev–Trinajstić information content (AvgIpc) is 2.95. The van der Waals surface area contributed by atoms with Crippen molar-refractivity contribution in [1.29, 1.82) is 5.26 Å². The summed E-state index contributed by atoms with van der Waals surface area (Å²) in [7, 11) is 1.89. The van der Waals surface area contributed by atoms with Gasteiger partial charge in [-0.25, -0.2) is 4.68 Å². The first kappa shape index (κ1) is 13.6. The summed E-state index contributed by atoms with van der Waals surface area (Å²) in [6.45, 7) is 3.99. The molecule has 0 aliphatic heterocycles. The normalized spacial score (nSPS) is 11.0. The van der Waals surface area contributed by atoms with E-state index in [-0.39, 0.29) is 0 Å². The lowest BCUT2D eigenvalue weighted by molar-refractivity contribution is 0.748. The van der Waals surface area contributed by atoms with Gasteiger partial charge in [0.05, 0.1) is 16.9 Å². The van der Waals surface area contributed by atoms with Crippen molar-refractivity contribution in [3.8, 4) is 11.8 Å². The van der Waals surface area contributed by atoms with Crippen LogP contribution in [0.1, 0.15) is 23.7 Å². The molecule has 0 aliphatic rings. The molecule has 0 saturated carbocycles. The van der Waals surface area contributed by atoms with Crippen molar-refractivity contribution in [2.75, 3.05) is 0 Å². The van der Waals surface area contributed by atoms with E-state index in [1.54, 1.807) is 0 Å². The highest BCUT2D eigenvalue weighted by Crippen LogP contribution is 2.25. The number of benzene rings is 1. The average molecular weight is 297 g/mol. The van der Waals surface area contributed by atoms with Crippen molar-refractivity contribution >= 4 is 23.4 Å². The zero-order valence-electron chi connectivity index (χ0n) is 12.1. The molecule has 0 amide bonds. The van der Waals surface area contributed by atoms with E-state index < -0.39 is 0 Å². The van der Waals surface area contributed by atoms with E-state index in [9.17, 15) is 5.26 Å². The Morgan fingerprint density at radius 2 is 2.19 bits per heavy atom. The van der Waals surface area contributed by atoms with Gasteiger partial charge in [-0.1, -0.05) is 19.1 Å². The van der Waals surface area contributed by atoms with Gasteiger partial charge in [-0.3, -0.25) is 4.57 Å². The van der Waals surface area contributed by atoms with Crippen molar-refractivity contribution in [3.05, 3.63) is 39.8 Å². The van der Waals surface area contributed by atoms with Gasteiger partial charge in [-0.2, -0.15) is 10.4 Å². The highest BCUT2D eigenvalue weighted by Gasteiger charge is 2.17. The van der Waals surface area contributed by atoms with Crippen LogP contribution < -0.4 is 0 Å². The van der Waals surface area contributed by atoms with Crippen molar-refractivity contribution < 1.29 is 0 Å². The molecule has 0 aliphatic carbocycles. The van der Waals surface area contributed by atoms with Crippen molar-refractivity contribution in [2.45, 2.75) is 20.3 Å². The van der Waals surface area contributed by atoms with Gasteiger partial charge in [0.1, 0.15) is 11.6 Å². The SMILES string of the molecule is CCc1nn(C)c2c1[nH]c(=S)n2-c1cccc(C)c1C#N. The number of H-pyrrole nitrogens is 1. The molecule has 3 rings (SSSR count). The first-order valence-corrected chi connectivity index (χ1v) is 7.16. The van der Waals surface area contributed by atoms with Crippen molar-refractivity contribution in [2.24, 2.45) is 7.05 Å². The number of aryl methyl sites for hydroxylation is 3. The predicted molar refractivity (Wildman–Crippen MR) is 84.1 cm³/mol. The summed E-state index contributed by atoms with van der Waals surface area (Å²) in [5.41, 5.74) is 5.16. The number of fused-ring (bicyclic) bond motifs is 1. The van der Waals surface area contributed by atoms with E-state index in [0.717, 1.165) is 34.5 Å². The Labute approximate surface area is 127 Å². The number of aromatic amines is 1. The zero-order valence-corrected chi connectivity index (χ0v) is 13.0. The van der Waals surface area contributed by atoms with Gasteiger partial charge >= 0.3 is 0 Å². The van der Waals surface area contributed by atoms with Gasteiger partial charge in [0, 0.05) is 7.05 Å². The van der Waals surface area contributed by atoms with E-state index in [1.807, 2.05) is 41.4 Å². The number of rotatable bonds is 2. The summed E-state index contributed by atoms with van der Waals surface area (Å²) in [6, 6.07) is 8.04. The Kier molecular flexibility index (Phi) is 3.15. The number of nitriles is 1. The fourth-order valence-corrected chi connectivity index (χ4v) is 2.95. The van der Waals surface area contributed by atoms with E-state index in [2.05, 4.69) is 23.1 Å². The maximum absolute atomic E-state index is 9.45. The van der Waals surface area contributed by atoms with Crippen LogP contribution in [0.3, 0.4) is 0 Å². The Morgan fingerprint density at radius 1 is 1.43 bits per heavy atom. The van der Waals surface area contributed by atoms with Gasteiger partial charge < -0.3 is 4.98 Å². The van der Waals surface area contributed by atoms with E-state index in [0.29, 0.717) is 10.3 Å². The first-order chi connectivity index (χ1) is 10.1. The highest BCUT2D eigenvalue weighted by molar-refractivity contribution is 7.71. The van der Waals surface area contributed by atoms with Crippen LogP contribution in [0.15, 0.2) is 18.2 Å². The smallest absolute Gasteiger partial charge is 0.184 e. The Balaban J connectivity index is 2.45. The minimum Gasteiger partial charge on any atom is -0.327 e. The molecule has 0 unspecified atom stereocenters. The molecule has 3 aromatic rings. The monoisotopic (exact) mass is 297 g/mol. The largest absolute Gasteiger partial charge is 0.327 e. The first-order valence-electron chi connectivity index (χ1n) is 6.75. The summed E-state index contributed by atoms with van der Waals surface area (Å²) in [6.07, 6.45) is 0.825. The van der Waals surface area contributed by atoms with Gasteiger partial charge in [0.25, 0.3) is 0 Å². The Morgan fingerprint density at radius 3 is 2.86 bits per heavy atom. The maximum Gasteiger partial charge on any atom is 0.184 e. The molecule has 6 heteroatoms. The minimum atomic E-state index is 0.579. The summed E-state index contributed by atoms with van der Waals surface area (Å²) >= 11 is 5.46. The number of imidazole rings is 1. The lowest BCUT2D eigenvalue weighted by Crippen LogP contribution is -2.03. The van der Waals surface area contributed by atoms with Crippen molar-refractivity contribution in [3.63, 3.8) is 0 Å². The molecule has 5 nitrogen and oxygen atoms in total. The molecule has 0 atom stereocenters. The summed E-state index contributed by atoms with van der Waals surface area (Å²) in [5.74, 6) is 0. The fourth-order valence-electron chi connectivity index (χ4n) is 2.67. The Bertz CT molecular complexity index is 936. The third-order valence-electron chi connectivity index (χ3n) is 3.67. The third-order valence-corrected chi connectivity index (χ3v) is 3.96. The quantitative estimate of drug-likeness (QED) is 0.739. The van der Waals surface area contributed by atoms with Crippen LogP contribution in [0.25, 0.3) is 16.9 Å². The summed E-state index contributed by atoms with van der Waals surface area (Å²) in [4.78, 5) is 3.22. The molecule has 1 N–H and O–H groups in total. The molecular weight excluding hydrogens is 282 g/mol. The highest BCUT2D eigenvalue weighted by atomic mass is 32.1. The summed E-state index contributed by atoms with van der Waals surface area (Å²) < 4.78 is 4.28. The fraction of sp³-hybridized carbons (Fsp3) is 0.267. The van der Waals surface area contributed by atoms with E-state index in [4.69, 9.17) is 12.2 Å². The van der Waals surface area contributed by atoms with E-state index >= 15 is 0 Å². The maximum atomic E-state index is 9.45. The second-order valence-electron chi connectivity index (χ2n) is 4.97. The standard InChI is InChI=1S/C15H15N5S/c1-4-11-13-14(19(3)18-11)20(15(21)17-13)12-7-5-6-9(2)10(12)8-16/h5-7H,4H2,1-3H3,(H,17,21). The van der Waals surface area contributed by atoms with Crippen LogP contribution in [0.4, 0.5) is 0 Å². The molecule has 0 bridgehead atoms. The van der Waals surface area contributed by atoms with Crippen molar-refractivity contribution in [1.82, 2.24) is 19.3 Å². The molecule has 2 heterocycles. The molecule has 0 radical (unpaired) electrons. The van der Waals surface area contributed by atoms with Crippen LogP contribution in [-0.4, -0.2) is 19.3 Å². The second kappa shape index (κ2) is 4.86. The molecule has 0 saturated heterocycles. The Hall–Kier alpha value is -2.39. The minimum absolute atomic E-state index is 0.579. The van der Waals surface area contributed by atoms with Crippen LogP contribution >= 0.6 is 12.2 Å². The molecule has 1 aromatic carbocycles. The molecule has 0 fully saturated rings. The lowest BCUT2D eigenvalue weighted by Gasteiger charge is -2.08. The van der Waals surface area contributed by atoms with Gasteiger partial charge in [-0.15, -0.1) is 0 Å². The van der Waals surface area contributed by atoms with Gasteiger partial charge in [0.2, 0.25) is 0 Å². The van der Waals surface area contributed by atoms with Gasteiger partial charge in [0.15, 0.2) is 10.4 Å². The predicted octanol–water partition coefficient (Wildman–Crippen LogP) is 3.16. The number of hydrogen-bond donors (Lipinski definition) is 1. The lowest BCUT2D eigenvalue weighted by atomic mass is 10.1. The summed E-state index contributed by atoms with van der Waals surface area (Å²) in [5, 5.41) is 14.0. The molecule has 21 heavy (non-hydrogen) atoms. The number of nitrogens with one attached hydrogen (secondary N) is 1. The molecule has 2 aromatic heterocycles. The van der Waals surface area contributed by atoms with E-state index in [1.165, 1.54) is 0 Å². The van der Waals surface area contributed by atoms with Crippen LogP contribution in [0.2, 0.25) is 0 Å². The number of aromatic nitrogens is 4. The third kappa shape index (κ3) is 1.89. The molecule has 106 valence electrons. The number of hydrogen-bond acceptors (Lipinski definition) is 3.